The number of carbonyl (C=O) groups excluding carboxylic acids is 2. The maximum Gasteiger partial charge on any atom is 0.311 e. The lowest BCUT2D eigenvalue weighted by atomic mass is 9.98. The predicted molar refractivity (Wildman–Crippen MR) is 95.5 cm³/mol. The van der Waals surface area contributed by atoms with Crippen molar-refractivity contribution >= 4 is 24.3 Å². The third kappa shape index (κ3) is 3.00. The third-order valence-electron chi connectivity index (χ3n) is 4.91. The molecule has 2 aliphatic rings. The Labute approximate surface area is 152 Å². The van der Waals surface area contributed by atoms with E-state index in [9.17, 15) is 9.59 Å². The molecule has 2 saturated heterocycles. The number of aromatic nitrogens is 1. The molecule has 0 spiro atoms. The second-order valence-corrected chi connectivity index (χ2v) is 6.39. The smallest absolute Gasteiger partial charge is 0.311 e. The molecule has 2 atom stereocenters. The molecule has 6 heteroatoms. The van der Waals surface area contributed by atoms with Gasteiger partial charge in [-0.05, 0) is 24.1 Å². The van der Waals surface area contributed by atoms with Gasteiger partial charge < -0.3 is 9.64 Å². The molecule has 4 rings (SSSR count). The lowest BCUT2D eigenvalue weighted by molar-refractivity contribution is -0.141. The van der Waals surface area contributed by atoms with Crippen molar-refractivity contribution in [3.05, 3.63) is 53.9 Å². The highest BCUT2D eigenvalue weighted by Crippen LogP contribution is 2.33. The molecule has 5 nitrogen and oxygen atoms in total. The Morgan fingerprint density at radius 1 is 1.20 bits per heavy atom. The fraction of sp³-hybridized carbons (Fsp3) is 0.316. The standard InChI is InChI=1S/C19H18N2O3.ClH/c1-12-17(15(7-8-20-12)13-5-3-2-4-6-13)18(22)21-9-14-11-24-19(23)16(14)10-21;/h2-8,14,16H,9-11H2,1H3;1H/t14-,16-;/m1./s1. The molecule has 0 N–H and O–H groups in total. The van der Waals surface area contributed by atoms with E-state index in [0.717, 1.165) is 11.1 Å². The van der Waals surface area contributed by atoms with E-state index >= 15 is 0 Å². The largest absolute Gasteiger partial charge is 0.465 e. The van der Waals surface area contributed by atoms with Crippen LogP contribution in [0.25, 0.3) is 11.1 Å². The molecule has 130 valence electrons. The van der Waals surface area contributed by atoms with Crippen LogP contribution in [0.15, 0.2) is 42.6 Å². The van der Waals surface area contributed by atoms with Crippen molar-refractivity contribution in [1.82, 2.24) is 9.88 Å². The van der Waals surface area contributed by atoms with Gasteiger partial charge in [0.1, 0.15) is 0 Å². The van der Waals surface area contributed by atoms with Crippen molar-refractivity contribution in [3.8, 4) is 11.1 Å². The van der Waals surface area contributed by atoms with E-state index < -0.39 is 0 Å². The summed E-state index contributed by atoms with van der Waals surface area (Å²) in [5.41, 5.74) is 3.20. The highest BCUT2D eigenvalue weighted by atomic mass is 35.5. The average molecular weight is 359 g/mol. The lowest BCUT2D eigenvalue weighted by Gasteiger charge is -2.20. The number of nitrogens with zero attached hydrogens (tertiary/aromatic N) is 2. The maximum absolute atomic E-state index is 13.1. The SMILES string of the molecule is Cc1nccc(-c2ccccc2)c1C(=O)N1C[C@@H]2COC(=O)[C@@H]2C1.Cl. The minimum absolute atomic E-state index is 0. The second kappa shape index (κ2) is 6.84. The average Bonchev–Trinajstić information content (AvgIpc) is 3.17. The van der Waals surface area contributed by atoms with Crippen LogP contribution in [0.3, 0.4) is 0 Å². The summed E-state index contributed by atoms with van der Waals surface area (Å²) in [6.07, 6.45) is 1.73. The summed E-state index contributed by atoms with van der Waals surface area (Å²) in [7, 11) is 0. The van der Waals surface area contributed by atoms with Gasteiger partial charge in [0.2, 0.25) is 0 Å². The van der Waals surface area contributed by atoms with Gasteiger partial charge in [-0.2, -0.15) is 0 Å². The van der Waals surface area contributed by atoms with Gasteiger partial charge >= 0.3 is 5.97 Å². The molecule has 1 aromatic heterocycles. The van der Waals surface area contributed by atoms with Crippen LogP contribution in [-0.2, 0) is 9.53 Å². The Kier molecular flexibility index (Phi) is 4.77. The topological polar surface area (TPSA) is 59.5 Å². The number of pyridine rings is 1. The fourth-order valence-electron chi connectivity index (χ4n) is 3.62. The number of aryl methyl sites for hydroxylation is 1. The van der Waals surface area contributed by atoms with E-state index in [-0.39, 0.29) is 36.1 Å². The zero-order chi connectivity index (χ0) is 16.7. The second-order valence-electron chi connectivity index (χ2n) is 6.39. The number of likely N-dealkylation sites (tertiary alicyclic amines) is 1. The van der Waals surface area contributed by atoms with E-state index in [1.54, 1.807) is 11.1 Å². The van der Waals surface area contributed by atoms with Crippen molar-refractivity contribution < 1.29 is 14.3 Å². The van der Waals surface area contributed by atoms with Crippen LogP contribution >= 0.6 is 12.4 Å². The molecule has 1 amide bonds. The minimum Gasteiger partial charge on any atom is -0.465 e. The van der Waals surface area contributed by atoms with Crippen LogP contribution in [0.1, 0.15) is 16.1 Å². The first-order chi connectivity index (χ1) is 11.6. The summed E-state index contributed by atoms with van der Waals surface area (Å²) < 4.78 is 5.08. The number of halogens is 1. The van der Waals surface area contributed by atoms with E-state index in [1.807, 2.05) is 43.3 Å². The van der Waals surface area contributed by atoms with Crippen molar-refractivity contribution in [3.63, 3.8) is 0 Å². The Balaban J connectivity index is 0.00000182. The summed E-state index contributed by atoms with van der Waals surface area (Å²) in [6, 6.07) is 11.7. The van der Waals surface area contributed by atoms with E-state index in [4.69, 9.17) is 4.74 Å². The van der Waals surface area contributed by atoms with Gasteiger partial charge in [0.15, 0.2) is 0 Å². The molecule has 2 aliphatic heterocycles. The van der Waals surface area contributed by atoms with Gasteiger partial charge in [-0.15, -0.1) is 12.4 Å². The monoisotopic (exact) mass is 358 g/mol. The van der Waals surface area contributed by atoms with Crippen LogP contribution in [0.5, 0.6) is 0 Å². The minimum atomic E-state index is -0.179. The first kappa shape index (κ1) is 17.4. The Morgan fingerprint density at radius 2 is 1.96 bits per heavy atom. The molecule has 2 aromatic rings. The van der Waals surface area contributed by atoms with Gasteiger partial charge in [0, 0.05) is 25.2 Å². The zero-order valence-corrected chi connectivity index (χ0v) is 14.7. The molecule has 25 heavy (non-hydrogen) atoms. The lowest BCUT2D eigenvalue weighted by Crippen LogP contribution is -2.32. The third-order valence-corrected chi connectivity index (χ3v) is 4.91. The number of carbonyl (C=O) groups is 2. The number of amides is 1. The number of benzene rings is 1. The molecule has 0 radical (unpaired) electrons. The Bertz CT molecular complexity index is 810. The summed E-state index contributed by atoms with van der Waals surface area (Å²) >= 11 is 0. The fourth-order valence-corrected chi connectivity index (χ4v) is 3.62. The van der Waals surface area contributed by atoms with Crippen LogP contribution in [0, 0.1) is 18.8 Å². The molecule has 1 aromatic carbocycles. The van der Waals surface area contributed by atoms with Crippen LogP contribution in [0.2, 0.25) is 0 Å². The molecule has 2 fully saturated rings. The van der Waals surface area contributed by atoms with Gasteiger partial charge in [0.25, 0.3) is 5.91 Å². The number of rotatable bonds is 2. The first-order valence-electron chi connectivity index (χ1n) is 8.12. The number of hydrogen-bond donors (Lipinski definition) is 0. The molecular weight excluding hydrogens is 340 g/mol. The number of ether oxygens (including phenoxy) is 1. The molecule has 0 saturated carbocycles. The molecule has 0 unspecified atom stereocenters. The molecule has 0 aliphatic carbocycles. The Morgan fingerprint density at radius 3 is 2.68 bits per heavy atom. The van der Waals surface area contributed by atoms with Gasteiger partial charge in [-0.1, -0.05) is 30.3 Å². The van der Waals surface area contributed by atoms with Gasteiger partial charge in [-0.3, -0.25) is 14.6 Å². The zero-order valence-electron chi connectivity index (χ0n) is 13.8. The van der Waals surface area contributed by atoms with Crippen molar-refractivity contribution in [1.29, 1.82) is 0 Å². The highest BCUT2D eigenvalue weighted by Gasteiger charge is 2.45. The van der Waals surface area contributed by atoms with Crippen molar-refractivity contribution in [2.24, 2.45) is 11.8 Å². The quantitative estimate of drug-likeness (QED) is 0.774. The molecule has 3 heterocycles. The van der Waals surface area contributed by atoms with Crippen molar-refractivity contribution in [2.45, 2.75) is 6.92 Å². The Hall–Kier alpha value is -2.40. The van der Waals surface area contributed by atoms with Crippen LogP contribution in [-0.4, -0.2) is 41.5 Å². The van der Waals surface area contributed by atoms with E-state index in [0.29, 0.717) is 31.0 Å². The first-order valence-corrected chi connectivity index (χ1v) is 8.12. The van der Waals surface area contributed by atoms with E-state index in [1.165, 1.54) is 0 Å². The number of fused-ring (bicyclic) bond motifs is 1. The van der Waals surface area contributed by atoms with Crippen LogP contribution < -0.4 is 0 Å². The summed E-state index contributed by atoms with van der Waals surface area (Å²) in [5.74, 6) is -0.284. The maximum atomic E-state index is 13.1. The van der Waals surface area contributed by atoms with Gasteiger partial charge in [0.05, 0.1) is 23.8 Å². The van der Waals surface area contributed by atoms with Crippen LogP contribution in [0.4, 0.5) is 0 Å². The highest BCUT2D eigenvalue weighted by molar-refractivity contribution is 6.02. The van der Waals surface area contributed by atoms with Gasteiger partial charge in [-0.25, -0.2) is 0 Å². The normalized spacial score (nSPS) is 21.5. The number of esters is 1. The molecule has 0 bridgehead atoms. The number of cyclic esters (lactones) is 1. The number of hydrogen-bond acceptors (Lipinski definition) is 4. The summed E-state index contributed by atoms with van der Waals surface area (Å²) in [5, 5.41) is 0. The summed E-state index contributed by atoms with van der Waals surface area (Å²) in [6.45, 7) is 3.28. The summed E-state index contributed by atoms with van der Waals surface area (Å²) in [4.78, 5) is 31.0. The predicted octanol–water partition coefficient (Wildman–Crippen LogP) is 2.72. The van der Waals surface area contributed by atoms with E-state index in [2.05, 4.69) is 4.98 Å². The molecular formula is C19H19ClN2O3. The van der Waals surface area contributed by atoms with Crippen molar-refractivity contribution in [2.75, 3.05) is 19.7 Å².